The third kappa shape index (κ3) is 6.01. The van der Waals surface area contributed by atoms with Crippen LogP contribution in [0.25, 0.3) is 0 Å². The van der Waals surface area contributed by atoms with Crippen molar-refractivity contribution in [3.05, 3.63) is 23.8 Å². The molecule has 136 valence electrons. The number of guanidine groups is 1. The summed E-state index contributed by atoms with van der Waals surface area (Å²) in [5, 5.41) is 3.11. The van der Waals surface area contributed by atoms with E-state index in [0.717, 1.165) is 43.2 Å². The highest BCUT2D eigenvalue weighted by molar-refractivity contribution is 14.0. The normalized spacial score (nSPS) is 13.5. The largest absolute Gasteiger partial charge is 0.454 e. The van der Waals surface area contributed by atoms with Gasteiger partial charge in [-0.15, -0.1) is 24.0 Å². The summed E-state index contributed by atoms with van der Waals surface area (Å²) < 4.78 is 16.1. The van der Waals surface area contributed by atoms with Gasteiger partial charge in [0.2, 0.25) is 6.79 Å². The molecule has 1 heterocycles. The second-order valence-corrected chi connectivity index (χ2v) is 6.13. The van der Waals surface area contributed by atoms with Crippen molar-refractivity contribution in [2.75, 3.05) is 33.1 Å². The molecule has 7 heteroatoms. The van der Waals surface area contributed by atoms with Gasteiger partial charge < -0.3 is 25.3 Å². The predicted octanol–water partition coefficient (Wildman–Crippen LogP) is 2.64. The van der Waals surface area contributed by atoms with Crippen LogP contribution in [0.5, 0.6) is 11.5 Å². The van der Waals surface area contributed by atoms with Gasteiger partial charge in [0.15, 0.2) is 17.5 Å². The van der Waals surface area contributed by atoms with Gasteiger partial charge >= 0.3 is 0 Å². The van der Waals surface area contributed by atoms with Crippen molar-refractivity contribution in [2.24, 2.45) is 10.7 Å². The van der Waals surface area contributed by atoms with Gasteiger partial charge in [0, 0.05) is 25.2 Å². The highest BCUT2D eigenvalue weighted by atomic mass is 127. The van der Waals surface area contributed by atoms with Gasteiger partial charge in [-0.25, -0.2) is 0 Å². The average Bonchev–Trinajstić information content (AvgIpc) is 3.00. The first-order chi connectivity index (χ1) is 11.0. The van der Waals surface area contributed by atoms with Crippen LogP contribution in [-0.4, -0.2) is 39.1 Å². The zero-order chi connectivity index (χ0) is 16.7. The van der Waals surface area contributed by atoms with Gasteiger partial charge in [-0.3, -0.25) is 4.99 Å². The Kier molecular flexibility index (Phi) is 8.61. The summed E-state index contributed by atoms with van der Waals surface area (Å²) in [6.45, 7) is 9.38. The van der Waals surface area contributed by atoms with E-state index >= 15 is 0 Å². The second kappa shape index (κ2) is 9.93. The lowest BCUT2D eigenvalue weighted by atomic mass is 9.84. The van der Waals surface area contributed by atoms with Crippen LogP contribution in [0.3, 0.4) is 0 Å². The van der Waals surface area contributed by atoms with Gasteiger partial charge in [0.1, 0.15) is 0 Å². The molecule has 6 nitrogen and oxygen atoms in total. The molecule has 0 aromatic heterocycles. The number of nitrogens with zero attached hydrogens (tertiary/aromatic N) is 1. The maximum atomic E-state index is 5.92. The minimum absolute atomic E-state index is 0. The summed E-state index contributed by atoms with van der Waals surface area (Å²) in [6, 6.07) is 6.01. The zero-order valence-corrected chi connectivity index (χ0v) is 17.0. The number of nitrogens with one attached hydrogen (secondary N) is 1. The number of benzene rings is 1. The summed E-state index contributed by atoms with van der Waals surface area (Å²) in [6.07, 6.45) is 0.912. The van der Waals surface area contributed by atoms with E-state index in [1.54, 1.807) is 0 Å². The summed E-state index contributed by atoms with van der Waals surface area (Å²) in [4.78, 5) is 4.45. The first-order valence-corrected chi connectivity index (χ1v) is 8.04. The van der Waals surface area contributed by atoms with E-state index in [-0.39, 0.29) is 36.2 Å². The van der Waals surface area contributed by atoms with Crippen molar-refractivity contribution >= 4 is 29.9 Å². The highest BCUT2D eigenvalue weighted by Gasteiger charge is 2.23. The Morgan fingerprint density at radius 3 is 2.83 bits per heavy atom. The van der Waals surface area contributed by atoms with Crippen LogP contribution in [0.15, 0.2) is 23.2 Å². The van der Waals surface area contributed by atoms with Crippen LogP contribution in [-0.2, 0) is 10.2 Å². The van der Waals surface area contributed by atoms with E-state index in [9.17, 15) is 0 Å². The third-order valence-electron chi connectivity index (χ3n) is 3.77. The summed E-state index contributed by atoms with van der Waals surface area (Å²) in [7, 11) is 0. The van der Waals surface area contributed by atoms with E-state index in [1.807, 2.05) is 19.1 Å². The van der Waals surface area contributed by atoms with Crippen LogP contribution in [0, 0.1) is 0 Å². The molecule has 1 aliphatic rings. The predicted molar refractivity (Wildman–Crippen MR) is 107 cm³/mol. The Morgan fingerprint density at radius 2 is 2.08 bits per heavy atom. The molecule has 0 spiro atoms. The number of aliphatic imine (C=N–C) groups is 1. The summed E-state index contributed by atoms with van der Waals surface area (Å²) >= 11 is 0. The average molecular weight is 449 g/mol. The van der Waals surface area contributed by atoms with Crippen molar-refractivity contribution in [3.63, 3.8) is 0 Å². The molecule has 3 N–H and O–H groups in total. The Hall–Kier alpha value is -1.22. The smallest absolute Gasteiger partial charge is 0.231 e. The Labute approximate surface area is 161 Å². The molecule has 2 rings (SSSR count). The minimum atomic E-state index is -0.140. The maximum Gasteiger partial charge on any atom is 0.231 e. The maximum absolute atomic E-state index is 5.92. The molecule has 0 atom stereocenters. The number of rotatable bonds is 8. The Bertz CT molecular complexity index is 550. The van der Waals surface area contributed by atoms with Crippen LogP contribution in [0.4, 0.5) is 0 Å². The molecule has 0 saturated heterocycles. The lowest BCUT2D eigenvalue weighted by Gasteiger charge is -2.23. The number of ether oxygens (including phenoxy) is 3. The molecular weight excluding hydrogens is 421 g/mol. The van der Waals surface area contributed by atoms with E-state index < -0.39 is 0 Å². The van der Waals surface area contributed by atoms with Crippen molar-refractivity contribution in [1.82, 2.24) is 5.32 Å². The summed E-state index contributed by atoms with van der Waals surface area (Å²) in [5.41, 5.74) is 6.92. The number of hydrogen-bond donors (Lipinski definition) is 2. The van der Waals surface area contributed by atoms with Gasteiger partial charge in [0.05, 0.1) is 6.54 Å². The minimum Gasteiger partial charge on any atom is -0.454 e. The molecule has 0 fully saturated rings. The fourth-order valence-corrected chi connectivity index (χ4v) is 2.28. The first kappa shape index (κ1) is 20.8. The lowest BCUT2D eigenvalue weighted by molar-refractivity contribution is 0.145. The van der Waals surface area contributed by atoms with Gasteiger partial charge in [0.25, 0.3) is 0 Å². The van der Waals surface area contributed by atoms with E-state index in [0.29, 0.717) is 12.5 Å². The van der Waals surface area contributed by atoms with Crippen LogP contribution in [0.1, 0.15) is 32.8 Å². The van der Waals surface area contributed by atoms with Gasteiger partial charge in [-0.1, -0.05) is 19.9 Å². The fourth-order valence-electron chi connectivity index (χ4n) is 2.28. The zero-order valence-electron chi connectivity index (χ0n) is 14.6. The number of nitrogens with two attached hydrogens (primary N) is 1. The third-order valence-corrected chi connectivity index (χ3v) is 3.77. The molecule has 0 amide bonds. The number of fused-ring (bicyclic) bond motifs is 1. The van der Waals surface area contributed by atoms with Crippen molar-refractivity contribution in [1.29, 1.82) is 0 Å². The van der Waals surface area contributed by atoms with E-state index in [1.165, 1.54) is 0 Å². The van der Waals surface area contributed by atoms with Crippen LogP contribution >= 0.6 is 24.0 Å². The lowest BCUT2D eigenvalue weighted by Crippen LogP contribution is -2.34. The topological polar surface area (TPSA) is 78.1 Å². The molecule has 0 unspecified atom stereocenters. The van der Waals surface area contributed by atoms with Crippen molar-refractivity contribution < 1.29 is 14.2 Å². The second-order valence-electron chi connectivity index (χ2n) is 6.13. The number of hydrogen-bond acceptors (Lipinski definition) is 4. The highest BCUT2D eigenvalue weighted by Crippen LogP contribution is 2.36. The molecule has 1 aromatic rings. The van der Waals surface area contributed by atoms with Gasteiger partial charge in [-0.2, -0.15) is 0 Å². The van der Waals surface area contributed by atoms with E-state index in [2.05, 4.69) is 30.2 Å². The Balaban J connectivity index is 0.00000288. The Morgan fingerprint density at radius 1 is 1.33 bits per heavy atom. The fraction of sp³-hybridized carbons (Fsp3) is 0.588. The molecule has 0 radical (unpaired) electrons. The van der Waals surface area contributed by atoms with Crippen LogP contribution in [0.2, 0.25) is 0 Å². The molecular formula is C17H28IN3O3. The molecule has 0 saturated carbocycles. The molecule has 1 aliphatic heterocycles. The molecule has 24 heavy (non-hydrogen) atoms. The molecule has 0 bridgehead atoms. The van der Waals surface area contributed by atoms with Gasteiger partial charge in [-0.05, 0) is 31.0 Å². The van der Waals surface area contributed by atoms with Crippen molar-refractivity contribution in [2.45, 2.75) is 32.6 Å². The molecule has 1 aromatic carbocycles. The molecule has 0 aliphatic carbocycles. The standard InChI is InChI=1S/C17H27N3O3.HI/c1-4-21-9-5-8-19-16(18)20-11-17(2,3)13-6-7-14-15(10-13)23-12-22-14;/h6-7,10H,4-5,8-9,11-12H2,1-3H3,(H3,18,19,20);1H. The van der Waals surface area contributed by atoms with E-state index in [4.69, 9.17) is 19.9 Å². The monoisotopic (exact) mass is 449 g/mol. The summed E-state index contributed by atoms with van der Waals surface area (Å²) in [5.74, 6) is 2.06. The quantitative estimate of drug-likeness (QED) is 0.276. The van der Waals surface area contributed by atoms with Crippen molar-refractivity contribution in [3.8, 4) is 11.5 Å². The van der Waals surface area contributed by atoms with Crippen LogP contribution < -0.4 is 20.5 Å². The number of halogens is 1. The first-order valence-electron chi connectivity index (χ1n) is 8.04. The SMILES string of the molecule is CCOCCCNC(N)=NCC(C)(C)c1ccc2c(c1)OCO2.I.